The van der Waals surface area contributed by atoms with E-state index < -0.39 is 0 Å². The molecule has 5 heteroatoms. The molecule has 0 saturated carbocycles. The summed E-state index contributed by atoms with van der Waals surface area (Å²) in [6.07, 6.45) is 0. The number of aromatic nitrogens is 2. The normalized spacial score (nSPS) is 10.6. The second-order valence-electron chi connectivity index (χ2n) is 4.38. The molecule has 2 rings (SSSR count). The Bertz CT molecular complexity index is 573. The van der Waals surface area contributed by atoms with E-state index in [1.165, 1.54) is 0 Å². The standard InChI is InChI=1S/C15H19N3O2/c1-16-14-8-13(10-20-3)17-15(18-14)12-6-4-5-11(7-12)9-19-2/h4-8H,9-10H2,1-3H3,(H,16,17,18). The zero-order valence-corrected chi connectivity index (χ0v) is 12.0. The lowest BCUT2D eigenvalue weighted by atomic mass is 10.1. The van der Waals surface area contributed by atoms with Gasteiger partial charge in [-0.1, -0.05) is 18.2 Å². The number of ether oxygens (including phenoxy) is 2. The van der Waals surface area contributed by atoms with Crippen LogP contribution in [0.4, 0.5) is 5.82 Å². The average molecular weight is 273 g/mol. The quantitative estimate of drug-likeness (QED) is 0.876. The van der Waals surface area contributed by atoms with E-state index in [1.807, 2.05) is 37.4 Å². The molecule has 1 heterocycles. The molecule has 1 aromatic carbocycles. The molecule has 0 bridgehead atoms. The fourth-order valence-electron chi connectivity index (χ4n) is 1.94. The summed E-state index contributed by atoms with van der Waals surface area (Å²) in [5, 5.41) is 3.04. The third-order valence-electron chi connectivity index (χ3n) is 2.82. The van der Waals surface area contributed by atoms with Gasteiger partial charge in [0.1, 0.15) is 5.82 Å². The molecule has 1 aromatic heterocycles. The summed E-state index contributed by atoms with van der Waals surface area (Å²) in [4.78, 5) is 9.01. The third-order valence-corrected chi connectivity index (χ3v) is 2.82. The van der Waals surface area contributed by atoms with Crippen molar-refractivity contribution in [2.75, 3.05) is 26.6 Å². The number of nitrogens with one attached hydrogen (secondary N) is 1. The van der Waals surface area contributed by atoms with Gasteiger partial charge in [0, 0.05) is 32.9 Å². The molecule has 106 valence electrons. The van der Waals surface area contributed by atoms with Crippen molar-refractivity contribution in [1.29, 1.82) is 0 Å². The summed E-state index contributed by atoms with van der Waals surface area (Å²) < 4.78 is 10.3. The first-order chi connectivity index (χ1) is 9.76. The lowest BCUT2D eigenvalue weighted by molar-refractivity contribution is 0.181. The highest BCUT2D eigenvalue weighted by Crippen LogP contribution is 2.20. The van der Waals surface area contributed by atoms with Crippen LogP contribution in [0.15, 0.2) is 30.3 Å². The molecular formula is C15H19N3O2. The molecule has 20 heavy (non-hydrogen) atoms. The summed E-state index contributed by atoms with van der Waals surface area (Å²) in [5.74, 6) is 1.46. The lowest BCUT2D eigenvalue weighted by Crippen LogP contribution is -2.02. The first-order valence-corrected chi connectivity index (χ1v) is 6.39. The minimum Gasteiger partial charge on any atom is -0.380 e. The van der Waals surface area contributed by atoms with E-state index in [1.54, 1.807) is 14.2 Å². The number of benzene rings is 1. The van der Waals surface area contributed by atoms with E-state index in [2.05, 4.69) is 15.3 Å². The molecule has 0 atom stereocenters. The zero-order valence-electron chi connectivity index (χ0n) is 12.0. The number of hydrogen-bond acceptors (Lipinski definition) is 5. The Balaban J connectivity index is 2.39. The fraction of sp³-hybridized carbons (Fsp3) is 0.333. The number of rotatable bonds is 6. The maximum atomic E-state index is 5.15. The molecule has 2 aromatic rings. The van der Waals surface area contributed by atoms with Crippen molar-refractivity contribution < 1.29 is 9.47 Å². The Morgan fingerprint density at radius 3 is 2.55 bits per heavy atom. The van der Waals surface area contributed by atoms with Crippen molar-refractivity contribution in [3.8, 4) is 11.4 Å². The Hall–Kier alpha value is -1.98. The summed E-state index contributed by atoms with van der Waals surface area (Å²) in [7, 11) is 5.17. The van der Waals surface area contributed by atoms with Crippen LogP contribution in [0.3, 0.4) is 0 Å². The highest BCUT2D eigenvalue weighted by atomic mass is 16.5. The van der Waals surface area contributed by atoms with E-state index in [-0.39, 0.29) is 0 Å². The molecule has 0 radical (unpaired) electrons. The Morgan fingerprint density at radius 2 is 1.85 bits per heavy atom. The molecule has 1 N–H and O–H groups in total. The maximum absolute atomic E-state index is 5.15. The monoisotopic (exact) mass is 273 g/mol. The Labute approximate surface area is 119 Å². The number of methoxy groups -OCH3 is 2. The van der Waals surface area contributed by atoms with Crippen LogP contribution in [0.5, 0.6) is 0 Å². The van der Waals surface area contributed by atoms with E-state index in [9.17, 15) is 0 Å². The topological polar surface area (TPSA) is 56.3 Å². The zero-order chi connectivity index (χ0) is 14.4. The van der Waals surface area contributed by atoms with Gasteiger partial charge in [0.15, 0.2) is 5.82 Å². The summed E-state index contributed by atoms with van der Waals surface area (Å²) in [6.45, 7) is 1.03. The predicted octanol–water partition coefficient (Wildman–Crippen LogP) is 2.48. The second kappa shape index (κ2) is 6.98. The van der Waals surface area contributed by atoms with Gasteiger partial charge in [0.05, 0.1) is 18.9 Å². The molecule has 0 unspecified atom stereocenters. The smallest absolute Gasteiger partial charge is 0.161 e. The van der Waals surface area contributed by atoms with Crippen molar-refractivity contribution in [3.63, 3.8) is 0 Å². The number of anilines is 1. The minimum atomic E-state index is 0.460. The van der Waals surface area contributed by atoms with Crippen LogP contribution in [0, 0.1) is 0 Å². The van der Waals surface area contributed by atoms with Gasteiger partial charge in [-0.25, -0.2) is 9.97 Å². The van der Waals surface area contributed by atoms with Crippen molar-refractivity contribution in [1.82, 2.24) is 9.97 Å². The summed E-state index contributed by atoms with van der Waals surface area (Å²) in [5.41, 5.74) is 2.91. The Morgan fingerprint density at radius 1 is 1.05 bits per heavy atom. The second-order valence-corrected chi connectivity index (χ2v) is 4.38. The van der Waals surface area contributed by atoms with Crippen molar-refractivity contribution in [3.05, 3.63) is 41.6 Å². The van der Waals surface area contributed by atoms with Gasteiger partial charge in [0.2, 0.25) is 0 Å². The van der Waals surface area contributed by atoms with Crippen LogP contribution in [0.2, 0.25) is 0 Å². The largest absolute Gasteiger partial charge is 0.380 e. The molecule has 0 aliphatic rings. The van der Waals surface area contributed by atoms with Crippen LogP contribution >= 0.6 is 0 Å². The molecule has 0 aliphatic carbocycles. The SMILES string of the molecule is CNc1cc(COC)nc(-c2cccc(COC)c2)n1. The maximum Gasteiger partial charge on any atom is 0.161 e. The van der Waals surface area contributed by atoms with Crippen LogP contribution < -0.4 is 5.32 Å². The molecule has 0 aliphatic heterocycles. The summed E-state index contributed by atoms with van der Waals surface area (Å²) in [6, 6.07) is 9.91. The summed E-state index contributed by atoms with van der Waals surface area (Å²) >= 11 is 0. The first kappa shape index (κ1) is 14.4. The third kappa shape index (κ3) is 3.53. The van der Waals surface area contributed by atoms with Crippen LogP contribution in [-0.2, 0) is 22.7 Å². The average Bonchev–Trinajstić information content (AvgIpc) is 2.48. The first-order valence-electron chi connectivity index (χ1n) is 6.39. The van der Waals surface area contributed by atoms with Gasteiger partial charge in [-0.2, -0.15) is 0 Å². The van der Waals surface area contributed by atoms with Gasteiger partial charge in [0.25, 0.3) is 0 Å². The van der Waals surface area contributed by atoms with E-state index in [0.29, 0.717) is 19.0 Å². The molecule has 0 amide bonds. The van der Waals surface area contributed by atoms with Crippen LogP contribution in [-0.4, -0.2) is 31.2 Å². The number of hydrogen-bond donors (Lipinski definition) is 1. The van der Waals surface area contributed by atoms with E-state index >= 15 is 0 Å². The molecule has 0 fully saturated rings. The number of nitrogens with zero attached hydrogens (tertiary/aromatic N) is 2. The van der Waals surface area contributed by atoms with Crippen molar-refractivity contribution in [2.24, 2.45) is 0 Å². The molecule has 5 nitrogen and oxygen atoms in total. The molecular weight excluding hydrogens is 254 g/mol. The predicted molar refractivity (Wildman–Crippen MR) is 78.4 cm³/mol. The van der Waals surface area contributed by atoms with E-state index in [4.69, 9.17) is 9.47 Å². The minimum absolute atomic E-state index is 0.460. The van der Waals surface area contributed by atoms with Gasteiger partial charge < -0.3 is 14.8 Å². The Kier molecular flexibility index (Phi) is 5.03. The molecule has 0 saturated heterocycles. The molecule has 0 spiro atoms. The van der Waals surface area contributed by atoms with Gasteiger partial charge in [-0.15, -0.1) is 0 Å². The van der Waals surface area contributed by atoms with E-state index in [0.717, 1.165) is 22.6 Å². The van der Waals surface area contributed by atoms with Crippen LogP contribution in [0.25, 0.3) is 11.4 Å². The van der Waals surface area contributed by atoms with Gasteiger partial charge in [-0.05, 0) is 11.6 Å². The highest BCUT2D eigenvalue weighted by Gasteiger charge is 2.07. The van der Waals surface area contributed by atoms with Crippen molar-refractivity contribution in [2.45, 2.75) is 13.2 Å². The lowest BCUT2D eigenvalue weighted by Gasteiger charge is -2.08. The van der Waals surface area contributed by atoms with Gasteiger partial charge >= 0.3 is 0 Å². The fourth-order valence-corrected chi connectivity index (χ4v) is 1.94. The van der Waals surface area contributed by atoms with Crippen molar-refractivity contribution >= 4 is 5.82 Å². The van der Waals surface area contributed by atoms with Gasteiger partial charge in [-0.3, -0.25) is 0 Å². The highest BCUT2D eigenvalue weighted by molar-refractivity contribution is 5.58. The van der Waals surface area contributed by atoms with Crippen LogP contribution in [0.1, 0.15) is 11.3 Å².